The summed E-state index contributed by atoms with van der Waals surface area (Å²) in [5.41, 5.74) is 5.82. The van der Waals surface area contributed by atoms with Crippen molar-refractivity contribution in [3.05, 3.63) is 24.3 Å². The van der Waals surface area contributed by atoms with Crippen LogP contribution in [0.1, 0.15) is 6.42 Å². The molecule has 1 aliphatic heterocycles. The second kappa shape index (κ2) is 8.39. The zero-order valence-electron chi connectivity index (χ0n) is 13.9. The number of hydrogen-bond donors (Lipinski definition) is 3. The number of ether oxygens (including phenoxy) is 1. The van der Waals surface area contributed by atoms with E-state index in [9.17, 15) is 18.0 Å². The highest BCUT2D eigenvalue weighted by molar-refractivity contribution is 7.89. The number of nitrogens with two attached hydrogens (primary N) is 1. The number of rotatable bonds is 7. The minimum absolute atomic E-state index is 0.0158. The summed E-state index contributed by atoms with van der Waals surface area (Å²) in [6.45, 7) is 0.461. The molecule has 1 aliphatic rings. The monoisotopic (exact) mass is 370 g/mol. The van der Waals surface area contributed by atoms with E-state index in [2.05, 4.69) is 10.6 Å². The standard InChI is InChI=1S/C15H22N4O5S/c1-24-12(9-16)8-14(20)18-11-3-2-4-13(7-11)25(22,23)19-6-5-17-15(21)10-19/h2-4,7,12H,5-6,8-10,16H2,1H3,(H,17,21)(H,18,20). The summed E-state index contributed by atoms with van der Waals surface area (Å²) in [7, 11) is -2.34. The van der Waals surface area contributed by atoms with Crippen LogP contribution in [0.25, 0.3) is 0 Å². The molecular weight excluding hydrogens is 348 g/mol. The molecule has 4 N–H and O–H groups in total. The maximum absolute atomic E-state index is 12.6. The third-order valence-corrected chi connectivity index (χ3v) is 5.61. The first-order valence-electron chi connectivity index (χ1n) is 7.76. The van der Waals surface area contributed by atoms with E-state index in [1.165, 1.54) is 25.3 Å². The van der Waals surface area contributed by atoms with Crippen LogP contribution in [0.3, 0.4) is 0 Å². The highest BCUT2D eigenvalue weighted by atomic mass is 32.2. The fourth-order valence-electron chi connectivity index (χ4n) is 2.39. The van der Waals surface area contributed by atoms with Crippen molar-refractivity contribution in [1.29, 1.82) is 0 Å². The molecule has 1 heterocycles. The molecule has 2 amide bonds. The average Bonchev–Trinajstić information content (AvgIpc) is 2.60. The van der Waals surface area contributed by atoms with Gasteiger partial charge in [-0.3, -0.25) is 9.59 Å². The zero-order valence-corrected chi connectivity index (χ0v) is 14.7. The lowest BCUT2D eigenvalue weighted by Crippen LogP contribution is -2.49. The molecule has 1 saturated heterocycles. The van der Waals surface area contributed by atoms with Gasteiger partial charge in [0.25, 0.3) is 0 Å². The van der Waals surface area contributed by atoms with Gasteiger partial charge in [0.1, 0.15) is 0 Å². The van der Waals surface area contributed by atoms with Gasteiger partial charge >= 0.3 is 0 Å². The predicted molar refractivity (Wildman–Crippen MR) is 91.3 cm³/mol. The summed E-state index contributed by atoms with van der Waals surface area (Å²) in [6, 6.07) is 5.91. The molecule has 0 radical (unpaired) electrons. The van der Waals surface area contributed by atoms with Crippen molar-refractivity contribution in [1.82, 2.24) is 9.62 Å². The van der Waals surface area contributed by atoms with Gasteiger partial charge in [0.05, 0.1) is 24.0 Å². The van der Waals surface area contributed by atoms with E-state index in [-0.39, 0.29) is 49.3 Å². The van der Waals surface area contributed by atoms with Gasteiger partial charge in [-0.2, -0.15) is 4.31 Å². The molecule has 0 aliphatic carbocycles. The number of carbonyl (C=O) groups excluding carboxylic acids is 2. The van der Waals surface area contributed by atoms with E-state index in [0.29, 0.717) is 5.69 Å². The first-order chi connectivity index (χ1) is 11.9. The van der Waals surface area contributed by atoms with Crippen LogP contribution in [-0.2, 0) is 24.3 Å². The molecule has 138 valence electrons. The first-order valence-corrected chi connectivity index (χ1v) is 9.20. The zero-order chi connectivity index (χ0) is 18.4. The molecule has 10 heteroatoms. The van der Waals surface area contributed by atoms with E-state index in [1.807, 2.05) is 0 Å². The number of anilines is 1. The molecular formula is C15H22N4O5S. The fourth-order valence-corrected chi connectivity index (χ4v) is 3.83. The molecule has 1 unspecified atom stereocenters. The lowest BCUT2D eigenvalue weighted by molar-refractivity contribution is -0.122. The Hall–Kier alpha value is -2.01. The SMILES string of the molecule is COC(CN)CC(=O)Nc1cccc(S(=O)(=O)N2CCNC(=O)C2)c1. The van der Waals surface area contributed by atoms with Crippen LogP contribution in [0, 0.1) is 0 Å². The van der Waals surface area contributed by atoms with Crippen LogP contribution >= 0.6 is 0 Å². The highest BCUT2D eigenvalue weighted by Gasteiger charge is 2.29. The minimum Gasteiger partial charge on any atom is -0.380 e. The van der Waals surface area contributed by atoms with Crippen molar-refractivity contribution >= 4 is 27.5 Å². The largest absolute Gasteiger partial charge is 0.380 e. The molecule has 1 fully saturated rings. The summed E-state index contributed by atoms with van der Waals surface area (Å²) in [5, 5.41) is 5.21. The second-order valence-corrected chi connectivity index (χ2v) is 7.50. The van der Waals surface area contributed by atoms with Gasteiger partial charge < -0.3 is 21.1 Å². The van der Waals surface area contributed by atoms with Gasteiger partial charge in [-0.25, -0.2) is 8.42 Å². The molecule has 1 aromatic rings. The third-order valence-electron chi connectivity index (χ3n) is 3.77. The van der Waals surface area contributed by atoms with Crippen LogP contribution in [0.5, 0.6) is 0 Å². The molecule has 1 atom stereocenters. The normalized spacial score (nSPS) is 17.0. The van der Waals surface area contributed by atoms with E-state index < -0.39 is 16.1 Å². The number of benzene rings is 1. The van der Waals surface area contributed by atoms with Crippen molar-refractivity contribution in [2.24, 2.45) is 5.73 Å². The van der Waals surface area contributed by atoms with Crippen LogP contribution in [0.4, 0.5) is 5.69 Å². The summed E-state index contributed by atoms with van der Waals surface area (Å²) in [6.07, 6.45) is -0.338. The van der Waals surface area contributed by atoms with Crippen LogP contribution in [0.15, 0.2) is 29.2 Å². The summed E-state index contributed by atoms with van der Waals surface area (Å²) in [4.78, 5) is 23.4. The minimum atomic E-state index is -3.81. The Labute approximate surface area is 146 Å². The predicted octanol–water partition coefficient (Wildman–Crippen LogP) is -0.891. The van der Waals surface area contributed by atoms with E-state index in [1.54, 1.807) is 6.07 Å². The van der Waals surface area contributed by atoms with E-state index in [4.69, 9.17) is 10.5 Å². The molecule has 0 aromatic heterocycles. The number of sulfonamides is 1. The number of carbonyl (C=O) groups is 2. The Kier molecular flexibility index (Phi) is 6.48. The summed E-state index contributed by atoms with van der Waals surface area (Å²) < 4.78 is 31.4. The Balaban J connectivity index is 2.12. The number of methoxy groups -OCH3 is 1. The Morgan fingerprint density at radius 1 is 1.48 bits per heavy atom. The first kappa shape index (κ1) is 19.3. The van der Waals surface area contributed by atoms with Crippen molar-refractivity contribution in [2.75, 3.05) is 38.6 Å². The number of piperazine rings is 1. The Bertz CT molecular complexity index is 733. The fraction of sp³-hybridized carbons (Fsp3) is 0.467. The lowest BCUT2D eigenvalue weighted by atomic mass is 10.2. The maximum Gasteiger partial charge on any atom is 0.243 e. The topological polar surface area (TPSA) is 131 Å². The number of nitrogens with zero attached hydrogens (tertiary/aromatic N) is 1. The smallest absolute Gasteiger partial charge is 0.243 e. The van der Waals surface area contributed by atoms with Crippen molar-refractivity contribution < 1.29 is 22.7 Å². The number of hydrogen-bond acceptors (Lipinski definition) is 6. The molecule has 2 rings (SSSR count). The molecule has 9 nitrogen and oxygen atoms in total. The van der Waals surface area contributed by atoms with Crippen LogP contribution < -0.4 is 16.4 Å². The van der Waals surface area contributed by atoms with Gasteiger partial charge in [0.2, 0.25) is 21.8 Å². The van der Waals surface area contributed by atoms with Crippen molar-refractivity contribution in [3.8, 4) is 0 Å². The van der Waals surface area contributed by atoms with Gasteiger partial charge in [0.15, 0.2) is 0 Å². The van der Waals surface area contributed by atoms with Gasteiger partial charge in [-0.05, 0) is 18.2 Å². The Morgan fingerprint density at radius 2 is 2.24 bits per heavy atom. The number of amides is 2. The molecule has 1 aromatic carbocycles. The van der Waals surface area contributed by atoms with Crippen molar-refractivity contribution in [2.45, 2.75) is 17.4 Å². The maximum atomic E-state index is 12.6. The summed E-state index contributed by atoms with van der Waals surface area (Å²) in [5.74, 6) is -0.670. The second-order valence-electron chi connectivity index (χ2n) is 5.56. The average molecular weight is 370 g/mol. The summed E-state index contributed by atoms with van der Waals surface area (Å²) >= 11 is 0. The number of nitrogens with one attached hydrogen (secondary N) is 2. The Morgan fingerprint density at radius 3 is 2.88 bits per heavy atom. The van der Waals surface area contributed by atoms with E-state index >= 15 is 0 Å². The van der Waals surface area contributed by atoms with E-state index in [0.717, 1.165) is 4.31 Å². The van der Waals surface area contributed by atoms with Crippen molar-refractivity contribution in [3.63, 3.8) is 0 Å². The third kappa shape index (κ3) is 4.98. The lowest BCUT2D eigenvalue weighted by Gasteiger charge is -2.26. The van der Waals surface area contributed by atoms with Crippen LogP contribution in [-0.4, -0.2) is 63.9 Å². The molecule has 0 spiro atoms. The molecule has 0 bridgehead atoms. The quantitative estimate of drug-likeness (QED) is 0.571. The van der Waals surface area contributed by atoms with Crippen LogP contribution in [0.2, 0.25) is 0 Å². The molecule has 0 saturated carbocycles. The van der Waals surface area contributed by atoms with Gasteiger partial charge in [0, 0.05) is 32.4 Å². The van der Waals surface area contributed by atoms with Gasteiger partial charge in [-0.1, -0.05) is 6.07 Å². The van der Waals surface area contributed by atoms with Gasteiger partial charge in [-0.15, -0.1) is 0 Å². The highest BCUT2D eigenvalue weighted by Crippen LogP contribution is 2.20. The molecule has 25 heavy (non-hydrogen) atoms.